The first-order valence-electron chi connectivity index (χ1n) is 4.13. The summed E-state index contributed by atoms with van der Waals surface area (Å²) >= 11 is 2.13. The summed E-state index contributed by atoms with van der Waals surface area (Å²) in [6.07, 6.45) is 3.33. The van der Waals surface area contributed by atoms with E-state index >= 15 is 0 Å². The lowest BCUT2D eigenvalue weighted by molar-refractivity contribution is 0.630. The zero-order valence-electron chi connectivity index (χ0n) is 7.24. The monoisotopic (exact) mass is 299 g/mol. The van der Waals surface area contributed by atoms with E-state index in [2.05, 4.69) is 27.6 Å². The van der Waals surface area contributed by atoms with Gasteiger partial charge in [-0.15, -0.1) is 0 Å². The van der Waals surface area contributed by atoms with E-state index in [4.69, 9.17) is 0 Å². The number of nitrogens with zero attached hydrogens (tertiary/aromatic N) is 1. The van der Waals surface area contributed by atoms with Gasteiger partial charge in [0.15, 0.2) is 0 Å². The van der Waals surface area contributed by atoms with Crippen molar-refractivity contribution in [3.8, 4) is 11.1 Å². The van der Waals surface area contributed by atoms with Gasteiger partial charge in [-0.1, -0.05) is 6.07 Å². The van der Waals surface area contributed by atoms with Crippen molar-refractivity contribution in [3.63, 3.8) is 0 Å². The lowest BCUT2D eigenvalue weighted by Gasteiger charge is -2.04. The van der Waals surface area contributed by atoms with E-state index in [0.29, 0.717) is 5.56 Å². The van der Waals surface area contributed by atoms with Crippen molar-refractivity contribution >= 4 is 22.6 Å². The highest BCUT2D eigenvalue weighted by atomic mass is 127. The van der Waals surface area contributed by atoms with Crippen molar-refractivity contribution in [1.29, 1.82) is 0 Å². The van der Waals surface area contributed by atoms with Gasteiger partial charge in [0.05, 0.1) is 0 Å². The Bertz CT molecular complexity index is 422. The third-order valence-corrected chi connectivity index (χ3v) is 2.83. The van der Waals surface area contributed by atoms with Gasteiger partial charge in [-0.2, -0.15) is 0 Å². The molecule has 0 aliphatic rings. The molecule has 0 bridgehead atoms. The van der Waals surface area contributed by atoms with Gasteiger partial charge in [0.25, 0.3) is 0 Å². The van der Waals surface area contributed by atoms with Gasteiger partial charge in [-0.3, -0.25) is 4.98 Å². The molecule has 0 aliphatic heterocycles. The van der Waals surface area contributed by atoms with Gasteiger partial charge >= 0.3 is 0 Å². The van der Waals surface area contributed by atoms with E-state index in [0.717, 1.165) is 9.13 Å². The van der Waals surface area contributed by atoms with Crippen LogP contribution in [-0.4, -0.2) is 4.98 Å². The Morgan fingerprint density at radius 3 is 2.43 bits per heavy atom. The Hall–Kier alpha value is -0.970. The van der Waals surface area contributed by atoms with Gasteiger partial charge in [-0.05, 0) is 52.4 Å². The van der Waals surface area contributed by atoms with Gasteiger partial charge < -0.3 is 0 Å². The average molecular weight is 299 g/mol. The highest BCUT2D eigenvalue weighted by Crippen LogP contribution is 2.27. The summed E-state index contributed by atoms with van der Waals surface area (Å²) in [5, 5.41) is 0. The summed E-state index contributed by atoms with van der Waals surface area (Å²) in [6, 6.07) is 8.68. The molecule has 14 heavy (non-hydrogen) atoms. The molecule has 0 saturated carbocycles. The van der Waals surface area contributed by atoms with E-state index in [9.17, 15) is 4.39 Å². The van der Waals surface area contributed by atoms with E-state index in [1.165, 1.54) is 6.07 Å². The second kappa shape index (κ2) is 4.04. The number of hydrogen-bond acceptors (Lipinski definition) is 1. The van der Waals surface area contributed by atoms with Crippen LogP contribution in [0.25, 0.3) is 11.1 Å². The largest absolute Gasteiger partial charge is 0.265 e. The topological polar surface area (TPSA) is 12.9 Å². The molecule has 0 atom stereocenters. The summed E-state index contributed by atoms with van der Waals surface area (Å²) in [5.74, 6) is -0.192. The summed E-state index contributed by atoms with van der Waals surface area (Å²) in [4.78, 5) is 3.91. The highest BCUT2D eigenvalue weighted by molar-refractivity contribution is 14.1. The Labute approximate surface area is 95.1 Å². The number of aromatic nitrogens is 1. The van der Waals surface area contributed by atoms with Gasteiger partial charge in [0.1, 0.15) is 5.82 Å². The molecule has 0 amide bonds. The minimum Gasteiger partial charge on any atom is -0.265 e. The molecule has 0 N–H and O–H groups in total. The predicted octanol–water partition coefficient (Wildman–Crippen LogP) is 3.49. The normalized spacial score (nSPS) is 10.1. The molecule has 1 nitrogen and oxygen atoms in total. The standard InChI is InChI=1S/C11H7FIN/c12-9-2-1-3-10(13)11(9)8-4-6-14-7-5-8/h1-7H. The van der Waals surface area contributed by atoms with Crippen LogP contribution in [0.5, 0.6) is 0 Å². The third-order valence-electron chi connectivity index (χ3n) is 1.93. The Kier molecular flexibility index (Phi) is 2.77. The fraction of sp³-hybridized carbons (Fsp3) is 0. The number of rotatable bonds is 1. The first kappa shape index (κ1) is 9.58. The number of hydrogen-bond donors (Lipinski definition) is 0. The van der Waals surface area contributed by atoms with Crippen molar-refractivity contribution in [2.24, 2.45) is 0 Å². The van der Waals surface area contributed by atoms with E-state index in [1.54, 1.807) is 30.6 Å². The molecule has 1 heterocycles. The van der Waals surface area contributed by atoms with Crippen molar-refractivity contribution in [1.82, 2.24) is 4.98 Å². The minimum atomic E-state index is -0.192. The van der Waals surface area contributed by atoms with Crippen molar-refractivity contribution in [2.75, 3.05) is 0 Å². The summed E-state index contributed by atoms with van der Waals surface area (Å²) in [7, 11) is 0. The fourth-order valence-electron chi connectivity index (χ4n) is 1.29. The molecule has 0 saturated heterocycles. The first-order valence-corrected chi connectivity index (χ1v) is 5.21. The van der Waals surface area contributed by atoms with Crippen LogP contribution in [0.15, 0.2) is 42.7 Å². The Balaban J connectivity index is 2.63. The van der Waals surface area contributed by atoms with Crippen LogP contribution in [0, 0.1) is 9.39 Å². The fourth-order valence-corrected chi connectivity index (χ4v) is 2.07. The molecule has 0 aliphatic carbocycles. The number of pyridine rings is 1. The quantitative estimate of drug-likeness (QED) is 0.735. The maximum atomic E-state index is 13.5. The molecule has 0 unspecified atom stereocenters. The average Bonchev–Trinajstić information content (AvgIpc) is 2.19. The van der Waals surface area contributed by atoms with Crippen LogP contribution in [0.2, 0.25) is 0 Å². The smallest absolute Gasteiger partial charge is 0.132 e. The van der Waals surface area contributed by atoms with Crippen LogP contribution >= 0.6 is 22.6 Å². The molecule has 70 valence electrons. The summed E-state index contributed by atoms with van der Waals surface area (Å²) in [6.45, 7) is 0. The van der Waals surface area contributed by atoms with Crippen LogP contribution in [0.1, 0.15) is 0 Å². The molecule has 0 radical (unpaired) electrons. The summed E-state index contributed by atoms with van der Waals surface area (Å²) in [5.41, 5.74) is 1.51. The molecule has 1 aromatic heterocycles. The second-order valence-electron chi connectivity index (χ2n) is 2.83. The second-order valence-corrected chi connectivity index (χ2v) is 3.99. The summed E-state index contributed by atoms with van der Waals surface area (Å²) < 4.78 is 14.4. The molecule has 0 spiro atoms. The highest BCUT2D eigenvalue weighted by Gasteiger charge is 2.07. The zero-order chi connectivity index (χ0) is 9.97. The van der Waals surface area contributed by atoms with Crippen LogP contribution in [0.4, 0.5) is 4.39 Å². The van der Waals surface area contributed by atoms with Gasteiger partial charge in [0.2, 0.25) is 0 Å². The van der Waals surface area contributed by atoms with Gasteiger partial charge in [0, 0.05) is 21.5 Å². The molecule has 2 aromatic rings. The van der Waals surface area contributed by atoms with E-state index in [1.807, 2.05) is 6.07 Å². The maximum Gasteiger partial charge on any atom is 0.132 e. The maximum absolute atomic E-state index is 13.5. The van der Waals surface area contributed by atoms with Gasteiger partial charge in [-0.25, -0.2) is 4.39 Å². The van der Waals surface area contributed by atoms with Crippen molar-refractivity contribution in [3.05, 3.63) is 52.1 Å². The molecule has 0 fully saturated rings. The molecular weight excluding hydrogens is 292 g/mol. The number of benzene rings is 1. The SMILES string of the molecule is Fc1cccc(I)c1-c1ccncc1. The lowest BCUT2D eigenvalue weighted by atomic mass is 10.1. The molecule has 3 heteroatoms. The predicted molar refractivity (Wildman–Crippen MR) is 62.3 cm³/mol. The molecule has 1 aromatic carbocycles. The van der Waals surface area contributed by atoms with Crippen LogP contribution in [0.3, 0.4) is 0 Å². The molecule has 2 rings (SSSR count). The van der Waals surface area contributed by atoms with Crippen molar-refractivity contribution in [2.45, 2.75) is 0 Å². The zero-order valence-corrected chi connectivity index (χ0v) is 9.40. The van der Waals surface area contributed by atoms with Crippen molar-refractivity contribution < 1.29 is 4.39 Å². The van der Waals surface area contributed by atoms with E-state index < -0.39 is 0 Å². The third kappa shape index (κ3) is 1.77. The Morgan fingerprint density at radius 1 is 1.07 bits per heavy atom. The van der Waals surface area contributed by atoms with Crippen LogP contribution < -0.4 is 0 Å². The van der Waals surface area contributed by atoms with Crippen LogP contribution in [-0.2, 0) is 0 Å². The Morgan fingerprint density at radius 2 is 1.79 bits per heavy atom. The molecular formula is C11H7FIN. The number of halogens is 2. The lowest BCUT2D eigenvalue weighted by Crippen LogP contribution is -1.88. The first-order chi connectivity index (χ1) is 6.79. The minimum absolute atomic E-state index is 0.192. The van der Waals surface area contributed by atoms with E-state index in [-0.39, 0.29) is 5.82 Å².